The van der Waals surface area contributed by atoms with Crippen LogP contribution in [0.25, 0.3) is 0 Å². The number of hydrogen-bond acceptors (Lipinski definition) is 4. The Morgan fingerprint density at radius 3 is 2.35 bits per heavy atom. The molecule has 0 heterocycles. The highest BCUT2D eigenvalue weighted by Crippen LogP contribution is 2.32. The normalized spacial score (nSPS) is 10.9. The molecule has 4 heteroatoms. The first kappa shape index (κ1) is 20.3. The number of likely N-dealkylation sites (N-methyl/N-ethyl adjacent to an activating group) is 1. The van der Waals surface area contributed by atoms with Gasteiger partial charge in [0.05, 0.1) is 6.61 Å². The summed E-state index contributed by atoms with van der Waals surface area (Å²) < 4.78 is 11.9. The quantitative estimate of drug-likeness (QED) is 0.581. The van der Waals surface area contributed by atoms with Crippen molar-refractivity contribution in [1.29, 1.82) is 0 Å². The molecule has 2 rings (SSSR count). The van der Waals surface area contributed by atoms with Crippen molar-refractivity contribution in [2.45, 2.75) is 33.9 Å². The van der Waals surface area contributed by atoms with Crippen LogP contribution >= 0.6 is 0 Å². The highest BCUT2D eigenvalue weighted by molar-refractivity contribution is 5.46. The standard InChI is InChI=1S/C22H32N2O2/c1-4-24(5-2)16-15-23-17-20-13-10-14-21(25-6-3)22(20)26-18-19-11-8-7-9-12-19/h7-14,23H,4-6,15-18H2,1-3H3. The molecule has 0 bridgehead atoms. The van der Waals surface area contributed by atoms with Gasteiger partial charge in [0.2, 0.25) is 0 Å². The van der Waals surface area contributed by atoms with Gasteiger partial charge in [0.1, 0.15) is 6.61 Å². The smallest absolute Gasteiger partial charge is 0.166 e. The molecule has 142 valence electrons. The Hall–Kier alpha value is -2.04. The van der Waals surface area contributed by atoms with Gasteiger partial charge in [-0.15, -0.1) is 0 Å². The number of nitrogens with one attached hydrogen (secondary N) is 1. The van der Waals surface area contributed by atoms with Gasteiger partial charge < -0.3 is 19.7 Å². The van der Waals surface area contributed by atoms with Crippen molar-refractivity contribution in [3.05, 3.63) is 59.7 Å². The molecule has 0 aliphatic carbocycles. The SMILES string of the molecule is CCOc1cccc(CNCCN(CC)CC)c1OCc1ccccc1. The van der Waals surface area contributed by atoms with E-state index >= 15 is 0 Å². The van der Waals surface area contributed by atoms with E-state index in [4.69, 9.17) is 9.47 Å². The number of benzene rings is 2. The molecule has 0 aliphatic heterocycles. The van der Waals surface area contributed by atoms with Gasteiger partial charge in [-0.25, -0.2) is 0 Å². The maximum absolute atomic E-state index is 6.15. The molecule has 0 radical (unpaired) electrons. The van der Waals surface area contributed by atoms with Crippen LogP contribution in [0.1, 0.15) is 31.9 Å². The average molecular weight is 357 g/mol. The molecular formula is C22H32N2O2. The lowest BCUT2D eigenvalue weighted by atomic mass is 10.1. The second kappa shape index (κ2) is 11.6. The van der Waals surface area contributed by atoms with E-state index in [-0.39, 0.29) is 0 Å². The maximum atomic E-state index is 6.15. The van der Waals surface area contributed by atoms with Crippen molar-refractivity contribution in [2.75, 3.05) is 32.8 Å². The minimum Gasteiger partial charge on any atom is -0.490 e. The molecule has 1 N–H and O–H groups in total. The average Bonchev–Trinajstić information content (AvgIpc) is 2.68. The Morgan fingerprint density at radius 1 is 0.885 bits per heavy atom. The lowest BCUT2D eigenvalue weighted by Crippen LogP contribution is -2.31. The Kier molecular flexibility index (Phi) is 9.01. The molecule has 0 atom stereocenters. The van der Waals surface area contributed by atoms with Crippen LogP contribution in [0, 0.1) is 0 Å². The fraction of sp³-hybridized carbons (Fsp3) is 0.455. The van der Waals surface area contributed by atoms with Gasteiger partial charge in [-0.3, -0.25) is 0 Å². The third-order valence-corrected chi connectivity index (χ3v) is 4.40. The van der Waals surface area contributed by atoms with Gasteiger partial charge >= 0.3 is 0 Å². The summed E-state index contributed by atoms with van der Waals surface area (Å²) in [7, 11) is 0. The van der Waals surface area contributed by atoms with Crippen LogP contribution in [0.4, 0.5) is 0 Å². The second-order valence-corrected chi connectivity index (χ2v) is 6.16. The van der Waals surface area contributed by atoms with E-state index in [0.717, 1.165) is 55.3 Å². The highest BCUT2D eigenvalue weighted by Gasteiger charge is 2.11. The van der Waals surface area contributed by atoms with Crippen molar-refractivity contribution in [1.82, 2.24) is 10.2 Å². The Morgan fingerprint density at radius 2 is 1.65 bits per heavy atom. The van der Waals surface area contributed by atoms with Crippen LogP contribution in [0.2, 0.25) is 0 Å². The molecule has 0 saturated heterocycles. The fourth-order valence-electron chi connectivity index (χ4n) is 2.86. The summed E-state index contributed by atoms with van der Waals surface area (Å²) in [5, 5.41) is 3.53. The molecule has 0 aliphatic rings. The highest BCUT2D eigenvalue weighted by atomic mass is 16.5. The van der Waals surface area contributed by atoms with E-state index in [2.05, 4.69) is 42.3 Å². The summed E-state index contributed by atoms with van der Waals surface area (Å²) in [4.78, 5) is 2.41. The molecular weight excluding hydrogens is 324 g/mol. The van der Waals surface area contributed by atoms with Crippen LogP contribution < -0.4 is 14.8 Å². The molecule has 0 saturated carbocycles. The predicted molar refractivity (Wildman–Crippen MR) is 108 cm³/mol. The van der Waals surface area contributed by atoms with Crippen LogP contribution in [-0.4, -0.2) is 37.7 Å². The van der Waals surface area contributed by atoms with E-state index in [1.165, 1.54) is 0 Å². The molecule has 0 unspecified atom stereocenters. The summed E-state index contributed by atoms with van der Waals surface area (Å²) in [5.41, 5.74) is 2.28. The third-order valence-electron chi connectivity index (χ3n) is 4.40. The zero-order valence-electron chi connectivity index (χ0n) is 16.3. The molecule has 0 fully saturated rings. The van der Waals surface area contributed by atoms with Gasteiger partial charge in [-0.2, -0.15) is 0 Å². The van der Waals surface area contributed by atoms with E-state index in [1.807, 2.05) is 37.3 Å². The van der Waals surface area contributed by atoms with Crippen LogP contribution in [0.3, 0.4) is 0 Å². The summed E-state index contributed by atoms with van der Waals surface area (Å²) in [6.45, 7) is 12.5. The number of hydrogen-bond donors (Lipinski definition) is 1. The topological polar surface area (TPSA) is 33.7 Å². The summed E-state index contributed by atoms with van der Waals surface area (Å²) >= 11 is 0. The Bertz CT molecular complexity index is 627. The first-order valence-corrected chi connectivity index (χ1v) is 9.62. The number of ether oxygens (including phenoxy) is 2. The van der Waals surface area contributed by atoms with Crippen LogP contribution in [0.5, 0.6) is 11.5 Å². The first-order chi connectivity index (χ1) is 12.8. The maximum Gasteiger partial charge on any atom is 0.166 e. The summed E-state index contributed by atoms with van der Waals surface area (Å²) in [5.74, 6) is 1.65. The zero-order valence-corrected chi connectivity index (χ0v) is 16.3. The zero-order chi connectivity index (χ0) is 18.6. The van der Waals surface area contributed by atoms with E-state index in [9.17, 15) is 0 Å². The molecule has 0 aromatic heterocycles. The van der Waals surface area contributed by atoms with Crippen molar-refractivity contribution >= 4 is 0 Å². The fourth-order valence-corrected chi connectivity index (χ4v) is 2.86. The number of para-hydroxylation sites is 1. The molecule has 2 aromatic carbocycles. The van der Waals surface area contributed by atoms with Crippen molar-refractivity contribution in [2.24, 2.45) is 0 Å². The first-order valence-electron chi connectivity index (χ1n) is 9.62. The number of rotatable bonds is 12. The largest absolute Gasteiger partial charge is 0.490 e. The molecule has 2 aromatic rings. The lowest BCUT2D eigenvalue weighted by Gasteiger charge is -2.19. The minimum absolute atomic E-state index is 0.539. The van der Waals surface area contributed by atoms with Gasteiger partial charge in [-0.1, -0.05) is 56.3 Å². The molecule has 26 heavy (non-hydrogen) atoms. The van der Waals surface area contributed by atoms with Crippen LogP contribution in [0.15, 0.2) is 48.5 Å². The summed E-state index contributed by atoms with van der Waals surface area (Å²) in [6, 6.07) is 16.3. The molecule has 0 amide bonds. The molecule has 4 nitrogen and oxygen atoms in total. The van der Waals surface area contributed by atoms with E-state index < -0.39 is 0 Å². The van der Waals surface area contributed by atoms with Gasteiger partial charge in [0.15, 0.2) is 11.5 Å². The second-order valence-electron chi connectivity index (χ2n) is 6.16. The van der Waals surface area contributed by atoms with E-state index in [0.29, 0.717) is 13.2 Å². The van der Waals surface area contributed by atoms with Crippen molar-refractivity contribution in [3.8, 4) is 11.5 Å². The predicted octanol–water partition coefficient (Wildman–Crippen LogP) is 4.10. The molecule has 0 spiro atoms. The Labute approximate surface area is 158 Å². The van der Waals surface area contributed by atoms with E-state index in [1.54, 1.807) is 0 Å². The van der Waals surface area contributed by atoms with Gasteiger partial charge in [0, 0.05) is 25.2 Å². The minimum atomic E-state index is 0.539. The van der Waals surface area contributed by atoms with Crippen molar-refractivity contribution < 1.29 is 9.47 Å². The monoisotopic (exact) mass is 356 g/mol. The third kappa shape index (κ3) is 6.36. The van der Waals surface area contributed by atoms with Crippen LogP contribution in [-0.2, 0) is 13.2 Å². The lowest BCUT2D eigenvalue weighted by molar-refractivity contribution is 0.265. The number of nitrogens with zero attached hydrogens (tertiary/aromatic N) is 1. The van der Waals surface area contributed by atoms with Gasteiger partial charge in [-0.05, 0) is 31.6 Å². The Balaban J connectivity index is 2.01. The summed E-state index contributed by atoms with van der Waals surface area (Å²) in [6.07, 6.45) is 0. The van der Waals surface area contributed by atoms with Crippen molar-refractivity contribution in [3.63, 3.8) is 0 Å². The van der Waals surface area contributed by atoms with Gasteiger partial charge in [0.25, 0.3) is 0 Å².